The third-order valence-electron chi connectivity index (χ3n) is 8.74. The lowest BCUT2D eigenvalue weighted by atomic mass is 9.68. The number of carbonyl (C=O) groups is 2. The van der Waals surface area contributed by atoms with E-state index in [0.29, 0.717) is 6.54 Å². The summed E-state index contributed by atoms with van der Waals surface area (Å²) in [7, 11) is 7.86. The van der Waals surface area contributed by atoms with Gasteiger partial charge < -0.3 is 10.2 Å². The van der Waals surface area contributed by atoms with Gasteiger partial charge in [-0.3, -0.25) is 24.3 Å². The molecule has 3 fully saturated rings. The first-order valence-corrected chi connectivity index (χ1v) is 12.9. The minimum Gasteiger partial charge on any atom is -0.347 e. The largest absolute Gasteiger partial charge is 0.347 e. The van der Waals surface area contributed by atoms with Crippen molar-refractivity contribution in [2.45, 2.75) is 56.0 Å². The number of likely N-dealkylation sites (N-methyl/N-ethyl adjacent to an activating group) is 1. The summed E-state index contributed by atoms with van der Waals surface area (Å²) in [6, 6.07) is 11.0. The summed E-state index contributed by atoms with van der Waals surface area (Å²) in [5.41, 5.74) is 1.63. The number of nitrogens with one attached hydrogen (secondary N) is 1. The second-order valence-electron chi connectivity index (χ2n) is 11.2. The molecule has 0 radical (unpaired) electrons. The zero-order chi connectivity index (χ0) is 24.3. The fourth-order valence-corrected chi connectivity index (χ4v) is 6.24. The monoisotopic (exact) mass is 469 g/mol. The molecule has 7 nitrogen and oxygen atoms in total. The van der Waals surface area contributed by atoms with E-state index in [-0.39, 0.29) is 29.4 Å². The molecule has 1 aromatic carbocycles. The van der Waals surface area contributed by atoms with Crippen molar-refractivity contribution in [3.05, 3.63) is 35.9 Å². The van der Waals surface area contributed by atoms with E-state index in [4.69, 9.17) is 0 Å². The Morgan fingerprint density at radius 2 is 1.71 bits per heavy atom. The van der Waals surface area contributed by atoms with Crippen molar-refractivity contribution in [3.8, 4) is 0 Å². The molecule has 34 heavy (non-hydrogen) atoms. The highest BCUT2D eigenvalue weighted by atomic mass is 16.2. The van der Waals surface area contributed by atoms with E-state index in [9.17, 15) is 9.59 Å². The lowest BCUT2D eigenvalue weighted by molar-refractivity contribution is -0.131. The summed E-state index contributed by atoms with van der Waals surface area (Å²) >= 11 is 0. The van der Waals surface area contributed by atoms with Gasteiger partial charge in [0.05, 0.1) is 19.8 Å². The van der Waals surface area contributed by atoms with Crippen LogP contribution in [0.2, 0.25) is 0 Å². The number of rotatable bonds is 8. The molecular weight excluding hydrogens is 426 g/mol. The van der Waals surface area contributed by atoms with Crippen LogP contribution in [-0.4, -0.2) is 98.0 Å². The van der Waals surface area contributed by atoms with Gasteiger partial charge in [-0.25, -0.2) is 0 Å². The number of nitrogens with zero attached hydrogens (tertiary/aromatic N) is 4. The highest BCUT2D eigenvalue weighted by Gasteiger charge is 2.51. The Morgan fingerprint density at radius 1 is 1.03 bits per heavy atom. The molecule has 188 valence electrons. The zero-order valence-electron chi connectivity index (χ0n) is 21.6. The van der Waals surface area contributed by atoms with Gasteiger partial charge in [0, 0.05) is 38.3 Å². The molecule has 1 spiro atoms. The average molecular weight is 470 g/mol. The normalized spacial score (nSPS) is 28.3. The maximum Gasteiger partial charge on any atom is 0.241 e. The van der Waals surface area contributed by atoms with E-state index >= 15 is 0 Å². The average Bonchev–Trinajstić information content (AvgIpc) is 3.11. The second-order valence-corrected chi connectivity index (χ2v) is 11.2. The van der Waals surface area contributed by atoms with Crippen LogP contribution in [0.1, 0.15) is 50.5 Å². The minimum absolute atomic E-state index is 0.0569. The number of benzene rings is 1. The molecule has 0 aromatic heterocycles. The quantitative estimate of drug-likeness (QED) is 0.633. The van der Waals surface area contributed by atoms with Crippen LogP contribution in [-0.2, 0) is 15.1 Å². The first kappa shape index (κ1) is 25.1. The number of hydrogen-bond donors (Lipinski definition) is 1. The summed E-state index contributed by atoms with van der Waals surface area (Å²) in [5.74, 6) is 0.669. The third-order valence-corrected chi connectivity index (χ3v) is 8.74. The van der Waals surface area contributed by atoms with Crippen LogP contribution >= 0.6 is 0 Å². The van der Waals surface area contributed by atoms with E-state index in [0.717, 1.165) is 51.4 Å². The van der Waals surface area contributed by atoms with Gasteiger partial charge in [-0.1, -0.05) is 36.8 Å². The topological polar surface area (TPSA) is 59.1 Å². The van der Waals surface area contributed by atoms with Gasteiger partial charge in [0.2, 0.25) is 11.8 Å². The molecule has 2 saturated carbocycles. The molecule has 1 aromatic rings. The fourth-order valence-electron chi connectivity index (χ4n) is 6.24. The van der Waals surface area contributed by atoms with Crippen LogP contribution in [0.3, 0.4) is 0 Å². The van der Waals surface area contributed by atoms with Crippen LogP contribution in [0.15, 0.2) is 30.3 Å². The Morgan fingerprint density at radius 3 is 2.26 bits per heavy atom. The van der Waals surface area contributed by atoms with Gasteiger partial charge in [0.25, 0.3) is 0 Å². The summed E-state index contributed by atoms with van der Waals surface area (Å²) in [6.07, 6.45) is 8.57. The molecule has 7 heteroatoms. The van der Waals surface area contributed by atoms with Gasteiger partial charge in [0.1, 0.15) is 0 Å². The predicted molar refractivity (Wildman–Crippen MR) is 135 cm³/mol. The fraction of sp³-hybridized carbons (Fsp3) is 0.704. The van der Waals surface area contributed by atoms with Crippen LogP contribution < -0.4 is 5.32 Å². The van der Waals surface area contributed by atoms with Crippen LogP contribution in [0.25, 0.3) is 0 Å². The molecule has 2 amide bonds. The maximum atomic E-state index is 12.6. The van der Waals surface area contributed by atoms with Gasteiger partial charge in [-0.15, -0.1) is 0 Å². The van der Waals surface area contributed by atoms with Gasteiger partial charge in [0.15, 0.2) is 0 Å². The Balaban J connectivity index is 1.44. The first-order chi connectivity index (χ1) is 16.2. The molecule has 4 rings (SSSR count). The molecular formula is C27H43N5O2. The van der Waals surface area contributed by atoms with E-state index in [1.54, 1.807) is 14.1 Å². The molecule has 1 saturated heterocycles. The van der Waals surface area contributed by atoms with Crippen molar-refractivity contribution < 1.29 is 9.59 Å². The zero-order valence-corrected chi connectivity index (χ0v) is 21.6. The predicted octanol–water partition coefficient (Wildman–Crippen LogP) is 2.34. The van der Waals surface area contributed by atoms with E-state index < -0.39 is 0 Å². The first-order valence-electron chi connectivity index (χ1n) is 12.9. The molecule has 0 bridgehead atoms. The van der Waals surface area contributed by atoms with Crippen LogP contribution in [0, 0.1) is 5.92 Å². The highest BCUT2D eigenvalue weighted by molar-refractivity contribution is 5.85. The van der Waals surface area contributed by atoms with Crippen molar-refractivity contribution in [2.75, 3.05) is 61.0 Å². The number of hydrogen-bond acceptors (Lipinski definition) is 5. The highest BCUT2D eigenvalue weighted by Crippen LogP contribution is 2.49. The molecule has 0 atom stereocenters. The Kier molecular flexibility index (Phi) is 7.65. The summed E-state index contributed by atoms with van der Waals surface area (Å²) < 4.78 is 0. The third kappa shape index (κ3) is 5.16. The van der Waals surface area contributed by atoms with E-state index in [1.807, 2.05) is 0 Å². The van der Waals surface area contributed by atoms with E-state index in [1.165, 1.54) is 29.7 Å². The Bertz CT molecular complexity index is 844. The van der Waals surface area contributed by atoms with Crippen molar-refractivity contribution >= 4 is 11.8 Å². The van der Waals surface area contributed by atoms with Crippen LogP contribution in [0.4, 0.5) is 0 Å². The van der Waals surface area contributed by atoms with E-state index in [2.05, 4.69) is 64.4 Å². The Hall–Kier alpha value is -1.96. The SMILES string of the molecule is CN(C)C(=O)CNC(=O)CN1CN(CC2CCC2)[C@]2(CC[C@@](c3ccccc3)(N(C)C)CC2)C1. The number of amides is 2. The van der Waals surface area contributed by atoms with Crippen molar-refractivity contribution in [3.63, 3.8) is 0 Å². The number of carbonyl (C=O) groups excluding carboxylic acids is 2. The lowest BCUT2D eigenvalue weighted by Crippen LogP contribution is -2.56. The van der Waals surface area contributed by atoms with Crippen LogP contribution in [0.5, 0.6) is 0 Å². The van der Waals surface area contributed by atoms with Crippen molar-refractivity contribution in [2.24, 2.45) is 5.92 Å². The minimum atomic E-state index is -0.0777. The summed E-state index contributed by atoms with van der Waals surface area (Å²) in [4.78, 5) is 33.4. The van der Waals surface area contributed by atoms with Crippen molar-refractivity contribution in [1.29, 1.82) is 0 Å². The molecule has 0 unspecified atom stereocenters. The van der Waals surface area contributed by atoms with Gasteiger partial charge in [-0.2, -0.15) is 0 Å². The molecule has 1 N–H and O–H groups in total. The second kappa shape index (κ2) is 10.3. The molecule has 2 aliphatic carbocycles. The molecule has 1 heterocycles. The van der Waals surface area contributed by atoms with Gasteiger partial charge >= 0.3 is 0 Å². The van der Waals surface area contributed by atoms with Crippen molar-refractivity contribution in [1.82, 2.24) is 24.9 Å². The maximum absolute atomic E-state index is 12.6. The molecule has 1 aliphatic heterocycles. The lowest BCUT2D eigenvalue weighted by Gasteiger charge is -2.52. The Labute approximate surface area is 205 Å². The molecule has 3 aliphatic rings. The van der Waals surface area contributed by atoms with Gasteiger partial charge in [-0.05, 0) is 64.1 Å². The smallest absolute Gasteiger partial charge is 0.241 e. The standard InChI is InChI=1S/C27H43N5O2/c1-29(2)25(34)17-28-24(33)19-31-20-26(32(21-31)18-22-9-8-10-22)13-15-27(16-14-26,30(3)4)23-11-6-5-7-12-23/h5-7,11-12,22H,8-10,13-21H2,1-4H3,(H,28,33)/t26-,27+. The summed E-state index contributed by atoms with van der Waals surface area (Å²) in [5, 5.41) is 2.81. The summed E-state index contributed by atoms with van der Waals surface area (Å²) in [6.45, 7) is 3.37.